The summed E-state index contributed by atoms with van der Waals surface area (Å²) in [6.07, 6.45) is 1.31. The van der Waals surface area contributed by atoms with Crippen molar-refractivity contribution in [3.8, 4) is 0 Å². The number of hydrogen-bond acceptors (Lipinski definition) is 5. The minimum Gasteiger partial charge on any atom is -0.367 e. The molecule has 1 aliphatic heterocycles. The van der Waals surface area contributed by atoms with E-state index in [1.54, 1.807) is 12.3 Å². The lowest BCUT2D eigenvalue weighted by Crippen LogP contribution is -2.42. The summed E-state index contributed by atoms with van der Waals surface area (Å²) in [4.78, 5) is 12.3. The van der Waals surface area contributed by atoms with Crippen LogP contribution in [0, 0.1) is 0 Å². The molecule has 0 amide bonds. The average Bonchev–Trinajstić information content (AvgIpc) is 2.71. The predicted octanol–water partition coefficient (Wildman–Crippen LogP) is 0.314. The zero-order valence-corrected chi connectivity index (χ0v) is 7.84. The van der Waals surface area contributed by atoms with Crippen LogP contribution in [0.2, 0.25) is 0 Å². The Morgan fingerprint density at radius 1 is 1.77 bits per heavy atom. The average molecular weight is 198 g/mol. The zero-order valence-electron chi connectivity index (χ0n) is 7.03. The van der Waals surface area contributed by atoms with Crippen LogP contribution in [0.1, 0.15) is 9.67 Å². The highest BCUT2D eigenvalue weighted by atomic mass is 32.1. The number of morpholine rings is 1. The first-order valence-electron chi connectivity index (χ1n) is 4.15. The lowest BCUT2D eigenvalue weighted by atomic mass is 10.2. The van der Waals surface area contributed by atoms with Gasteiger partial charge in [-0.25, -0.2) is 4.37 Å². The maximum absolute atomic E-state index is 11.7. The largest absolute Gasteiger partial charge is 0.367 e. The van der Waals surface area contributed by atoms with Crippen LogP contribution in [-0.4, -0.2) is 36.0 Å². The molecule has 4 nitrogen and oxygen atoms in total. The van der Waals surface area contributed by atoms with Gasteiger partial charge in [0.05, 0.1) is 11.5 Å². The topological polar surface area (TPSA) is 51.2 Å². The molecule has 1 aliphatic rings. The number of rotatable bonds is 2. The van der Waals surface area contributed by atoms with Crippen molar-refractivity contribution < 1.29 is 9.53 Å². The van der Waals surface area contributed by atoms with Gasteiger partial charge in [-0.15, -0.1) is 0 Å². The molecule has 0 radical (unpaired) electrons. The van der Waals surface area contributed by atoms with Gasteiger partial charge in [-0.2, -0.15) is 0 Å². The molecular weight excluding hydrogens is 188 g/mol. The summed E-state index contributed by atoms with van der Waals surface area (Å²) in [7, 11) is 0. The Kier molecular flexibility index (Phi) is 2.68. The van der Waals surface area contributed by atoms with Gasteiger partial charge in [0.15, 0.2) is 0 Å². The van der Waals surface area contributed by atoms with E-state index in [9.17, 15) is 4.79 Å². The molecule has 1 fully saturated rings. The SMILES string of the molecule is O=C(c1ccns1)C1CNCCO1. The summed E-state index contributed by atoms with van der Waals surface area (Å²) in [5, 5.41) is 3.12. The molecule has 13 heavy (non-hydrogen) atoms. The lowest BCUT2D eigenvalue weighted by molar-refractivity contribution is 0.0272. The molecule has 1 saturated heterocycles. The van der Waals surface area contributed by atoms with Crippen molar-refractivity contribution in [2.24, 2.45) is 0 Å². The number of carbonyl (C=O) groups is 1. The van der Waals surface area contributed by atoms with Crippen molar-refractivity contribution >= 4 is 17.3 Å². The van der Waals surface area contributed by atoms with E-state index in [4.69, 9.17) is 4.74 Å². The van der Waals surface area contributed by atoms with Crippen LogP contribution in [-0.2, 0) is 4.74 Å². The summed E-state index contributed by atoms with van der Waals surface area (Å²) in [6, 6.07) is 1.73. The highest BCUT2D eigenvalue weighted by Gasteiger charge is 2.23. The standard InChI is InChI=1S/C8H10N2O2S/c11-8(7-1-2-10-13-7)6-5-9-3-4-12-6/h1-2,6,9H,3-5H2. The molecule has 70 valence electrons. The fourth-order valence-electron chi connectivity index (χ4n) is 1.24. The molecule has 0 spiro atoms. The van der Waals surface area contributed by atoms with Gasteiger partial charge in [-0.1, -0.05) is 0 Å². The summed E-state index contributed by atoms with van der Waals surface area (Å²) in [6.45, 7) is 2.04. The molecule has 0 aliphatic carbocycles. The first-order chi connectivity index (χ1) is 6.38. The van der Waals surface area contributed by atoms with E-state index in [1.807, 2.05) is 0 Å². The Bertz CT molecular complexity index is 280. The number of aromatic nitrogens is 1. The van der Waals surface area contributed by atoms with Crippen LogP contribution >= 0.6 is 11.5 Å². The Labute approximate surface area is 80.1 Å². The van der Waals surface area contributed by atoms with Crippen molar-refractivity contribution in [1.82, 2.24) is 9.69 Å². The fraction of sp³-hybridized carbons (Fsp3) is 0.500. The molecule has 0 saturated carbocycles. The third kappa shape index (κ3) is 1.93. The van der Waals surface area contributed by atoms with E-state index in [-0.39, 0.29) is 11.9 Å². The van der Waals surface area contributed by atoms with Crippen molar-refractivity contribution in [3.05, 3.63) is 17.1 Å². The van der Waals surface area contributed by atoms with Crippen molar-refractivity contribution in [2.45, 2.75) is 6.10 Å². The normalized spacial score (nSPS) is 22.9. The van der Waals surface area contributed by atoms with Crippen molar-refractivity contribution in [1.29, 1.82) is 0 Å². The quantitative estimate of drug-likeness (QED) is 0.695. The summed E-state index contributed by atoms with van der Waals surface area (Å²) < 4.78 is 9.21. The zero-order chi connectivity index (χ0) is 9.10. The summed E-state index contributed by atoms with van der Waals surface area (Å²) in [5.74, 6) is 0.0368. The Hall–Kier alpha value is -0.780. The van der Waals surface area contributed by atoms with Gasteiger partial charge < -0.3 is 10.1 Å². The molecule has 5 heteroatoms. The molecule has 1 aromatic rings. The van der Waals surface area contributed by atoms with Crippen molar-refractivity contribution in [2.75, 3.05) is 19.7 Å². The van der Waals surface area contributed by atoms with Crippen LogP contribution in [0.15, 0.2) is 12.3 Å². The molecule has 2 heterocycles. The summed E-state index contributed by atoms with van der Waals surface area (Å²) in [5.41, 5.74) is 0. The van der Waals surface area contributed by atoms with Gasteiger partial charge >= 0.3 is 0 Å². The molecule has 1 aromatic heterocycles. The second-order valence-corrected chi connectivity index (χ2v) is 3.64. The van der Waals surface area contributed by atoms with E-state index >= 15 is 0 Å². The highest BCUT2D eigenvalue weighted by Crippen LogP contribution is 2.11. The van der Waals surface area contributed by atoms with E-state index in [0.717, 1.165) is 6.54 Å². The smallest absolute Gasteiger partial charge is 0.204 e. The summed E-state index contributed by atoms with van der Waals surface area (Å²) >= 11 is 1.22. The van der Waals surface area contributed by atoms with E-state index < -0.39 is 0 Å². The van der Waals surface area contributed by atoms with Gasteiger partial charge in [-0.05, 0) is 17.6 Å². The number of nitrogens with one attached hydrogen (secondary N) is 1. The van der Waals surface area contributed by atoms with E-state index in [2.05, 4.69) is 9.69 Å². The van der Waals surface area contributed by atoms with Gasteiger partial charge in [0.2, 0.25) is 5.78 Å². The van der Waals surface area contributed by atoms with Crippen LogP contribution in [0.5, 0.6) is 0 Å². The van der Waals surface area contributed by atoms with Crippen LogP contribution in [0.25, 0.3) is 0 Å². The second kappa shape index (κ2) is 3.95. The number of ketones is 1. The van der Waals surface area contributed by atoms with Crippen molar-refractivity contribution in [3.63, 3.8) is 0 Å². The number of nitrogens with zero attached hydrogens (tertiary/aromatic N) is 1. The van der Waals surface area contributed by atoms with Crippen LogP contribution < -0.4 is 5.32 Å². The predicted molar refractivity (Wildman–Crippen MR) is 49.1 cm³/mol. The Morgan fingerprint density at radius 3 is 3.31 bits per heavy atom. The molecular formula is C8H10N2O2S. The third-order valence-corrected chi connectivity index (χ3v) is 2.66. The molecule has 1 unspecified atom stereocenters. The van der Waals surface area contributed by atoms with Crippen LogP contribution in [0.4, 0.5) is 0 Å². The molecule has 1 atom stereocenters. The maximum atomic E-state index is 11.7. The lowest BCUT2D eigenvalue weighted by Gasteiger charge is -2.21. The number of Topliss-reactive ketones (excluding diaryl/α,β-unsaturated/α-hetero) is 1. The molecule has 1 N–H and O–H groups in total. The number of carbonyl (C=O) groups excluding carboxylic acids is 1. The molecule has 0 aromatic carbocycles. The first-order valence-corrected chi connectivity index (χ1v) is 4.92. The minimum absolute atomic E-state index is 0.0368. The first kappa shape index (κ1) is 8.80. The third-order valence-electron chi connectivity index (χ3n) is 1.90. The number of ether oxygens (including phenoxy) is 1. The molecule has 0 bridgehead atoms. The van der Waals surface area contributed by atoms with E-state index in [1.165, 1.54) is 11.5 Å². The van der Waals surface area contributed by atoms with Gasteiger partial charge in [-0.3, -0.25) is 4.79 Å². The fourth-order valence-corrected chi connectivity index (χ4v) is 1.81. The maximum Gasteiger partial charge on any atom is 0.204 e. The molecule has 2 rings (SSSR count). The van der Waals surface area contributed by atoms with E-state index in [0.29, 0.717) is 18.0 Å². The van der Waals surface area contributed by atoms with Gasteiger partial charge in [0.1, 0.15) is 6.10 Å². The second-order valence-electron chi connectivity index (χ2n) is 2.80. The van der Waals surface area contributed by atoms with Gasteiger partial charge in [0.25, 0.3) is 0 Å². The Balaban J connectivity index is 2.04. The van der Waals surface area contributed by atoms with Gasteiger partial charge in [0, 0.05) is 19.3 Å². The minimum atomic E-state index is -0.325. The number of hydrogen-bond donors (Lipinski definition) is 1. The Morgan fingerprint density at radius 2 is 2.69 bits per heavy atom. The van der Waals surface area contributed by atoms with Crippen LogP contribution in [0.3, 0.4) is 0 Å². The highest BCUT2D eigenvalue weighted by molar-refractivity contribution is 7.08. The monoisotopic (exact) mass is 198 g/mol.